The fourth-order valence-electron chi connectivity index (χ4n) is 3.31. The fourth-order valence-corrected chi connectivity index (χ4v) is 3.65. The van der Waals surface area contributed by atoms with Gasteiger partial charge in [0.25, 0.3) is 0 Å². The predicted molar refractivity (Wildman–Crippen MR) is 112 cm³/mol. The van der Waals surface area contributed by atoms with E-state index < -0.39 is 0 Å². The minimum absolute atomic E-state index is 0.227. The minimum atomic E-state index is -0.335. The first-order valence-corrected chi connectivity index (χ1v) is 9.59. The summed E-state index contributed by atoms with van der Waals surface area (Å²) >= 11 is 5.42. The molecule has 4 nitrogen and oxygen atoms in total. The van der Waals surface area contributed by atoms with Gasteiger partial charge in [-0.05, 0) is 29.9 Å². The van der Waals surface area contributed by atoms with Gasteiger partial charge in [-0.3, -0.25) is 4.79 Å². The van der Waals surface area contributed by atoms with Crippen LogP contribution in [-0.2, 0) is 10.8 Å². The normalized spacial score (nSPS) is 15.3. The number of rotatable bonds is 3. The lowest BCUT2D eigenvalue weighted by Gasteiger charge is -2.28. The number of carbonyl (C=O) groups is 1. The van der Waals surface area contributed by atoms with Crippen molar-refractivity contribution >= 4 is 22.9 Å². The van der Waals surface area contributed by atoms with E-state index in [1.807, 2.05) is 53.4 Å². The van der Waals surface area contributed by atoms with E-state index in [1.54, 1.807) is 12.1 Å². The highest BCUT2D eigenvalue weighted by Gasteiger charge is 2.34. The smallest absolute Gasteiger partial charge is 0.197 e. The number of thiocarbonyl (C=S) groups is 1. The summed E-state index contributed by atoms with van der Waals surface area (Å²) in [6, 6.07) is 5.63. The average Bonchev–Trinajstić information content (AvgIpc) is 2.87. The van der Waals surface area contributed by atoms with Crippen LogP contribution in [0.3, 0.4) is 0 Å². The molecule has 144 valence electrons. The maximum atomic E-state index is 13.4. The van der Waals surface area contributed by atoms with Gasteiger partial charge in [0.15, 0.2) is 5.78 Å². The topological polar surface area (TPSA) is 64.3 Å². The highest BCUT2D eigenvalue weighted by atomic mass is 32.1. The summed E-state index contributed by atoms with van der Waals surface area (Å²) in [5, 5.41) is 20.4. The molecule has 0 saturated carbocycles. The third-order valence-corrected chi connectivity index (χ3v) is 5.20. The molecule has 1 aliphatic heterocycles. The minimum Gasteiger partial charge on any atom is -0.507 e. The Balaban J connectivity index is 2.74. The Kier molecular flexibility index (Phi) is 5.54. The molecule has 0 aliphatic carbocycles. The first-order valence-electron chi connectivity index (χ1n) is 9.18. The first kappa shape index (κ1) is 21.1. The molecule has 0 atom stereocenters. The molecule has 0 bridgehead atoms. The second-order valence-corrected chi connectivity index (χ2v) is 9.51. The number of aromatic hydroxyl groups is 1. The van der Waals surface area contributed by atoms with Crippen LogP contribution in [0.2, 0.25) is 0 Å². The molecule has 1 aromatic rings. The van der Waals surface area contributed by atoms with Gasteiger partial charge in [-0.25, -0.2) is 0 Å². The third-order valence-electron chi connectivity index (χ3n) is 4.87. The number of phenolic OH excluding ortho intramolecular Hbond substituents is 1. The molecule has 0 fully saturated rings. The van der Waals surface area contributed by atoms with E-state index in [0.29, 0.717) is 45.9 Å². The summed E-state index contributed by atoms with van der Waals surface area (Å²) in [6.45, 7) is 15.0. The molecule has 1 heterocycles. The van der Waals surface area contributed by atoms with Crippen LogP contribution in [-0.4, -0.2) is 33.7 Å². The van der Waals surface area contributed by atoms with E-state index in [2.05, 4.69) is 6.07 Å². The quantitative estimate of drug-likeness (QED) is 0.607. The highest BCUT2D eigenvalue weighted by Crippen LogP contribution is 2.40. The van der Waals surface area contributed by atoms with Crippen molar-refractivity contribution in [3.05, 3.63) is 40.1 Å². The van der Waals surface area contributed by atoms with Crippen molar-refractivity contribution in [2.75, 3.05) is 13.1 Å². The molecule has 5 heteroatoms. The molecule has 1 aromatic carbocycles. The van der Waals surface area contributed by atoms with E-state index in [1.165, 1.54) is 0 Å². The van der Waals surface area contributed by atoms with Gasteiger partial charge in [-0.2, -0.15) is 5.26 Å². The summed E-state index contributed by atoms with van der Waals surface area (Å²) < 4.78 is 0. The van der Waals surface area contributed by atoms with Gasteiger partial charge in [-0.1, -0.05) is 53.8 Å². The molecule has 2 rings (SSSR count). The third kappa shape index (κ3) is 3.91. The molecule has 0 unspecified atom stereocenters. The SMILES string of the molecule is CCN1CC(=S)C(C(=O)c2cc(C(C)(C)C)c(O)c(C(C)(C)C)c2)=C1C#N. The van der Waals surface area contributed by atoms with Crippen molar-refractivity contribution in [1.82, 2.24) is 4.90 Å². The van der Waals surface area contributed by atoms with Crippen LogP contribution < -0.4 is 0 Å². The number of benzene rings is 1. The number of ketones is 1. The number of hydrogen-bond donors (Lipinski definition) is 1. The monoisotopic (exact) mass is 384 g/mol. The number of allylic oxidation sites excluding steroid dienone is 1. The number of hydrogen-bond acceptors (Lipinski definition) is 5. The summed E-state index contributed by atoms with van der Waals surface area (Å²) in [5.41, 5.74) is 1.89. The Morgan fingerprint density at radius 1 is 1.19 bits per heavy atom. The fraction of sp³-hybridized carbons (Fsp3) is 0.500. The Morgan fingerprint density at radius 2 is 1.67 bits per heavy atom. The zero-order chi connectivity index (χ0) is 20.7. The molecule has 1 N–H and O–H groups in total. The number of carbonyl (C=O) groups excluding carboxylic acids is 1. The predicted octanol–water partition coefficient (Wildman–Crippen LogP) is 4.65. The van der Waals surface area contributed by atoms with Gasteiger partial charge in [0.05, 0.1) is 12.1 Å². The van der Waals surface area contributed by atoms with E-state index in [-0.39, 0.29) is 22.4 Å². The van der Waals surface area contributed by atoms with Crippen molar-refractivity contribution in [1.29, 1.82) is 5.26 Å². The van der Waals surface area contributed by atoms with Crippen LogP contribution in [0.4, 0.5) is 0 Å². The first-order chi connectivity index (χ1) is 12.3. The molecule has 1 aliphatic rings. The van der Waals surface area contributed by atoms with Crippen LogP contribution in [0.25, 0.3) is 0 Å². The summed E-state index contributed by atoms with van der Waals surface area (Å²) in [4.78, 5) is 15.7. The van der Waals surface area contributed by atoms with Crippen molar-refractivity contribution < 1.29 is 9.90 Å². The highest BCUT2D eigenvalue weighted by molar-refractivity contribution is 7.81. The molecular formula is C22H28N2O2S. The standard InChI is InChI=1S/C22H28N2O2S/c1-8-24-12-17(27)18(16(24)11-23)19(25)13-9-14(21(2,3)4)20(26)15(10-13)22(5,6)7/h9-10,26H,8,12H2,1-7H3. The average molecular weight is 385 g/mol. The number of nitriles is 1. The van der Waals surface area contributed by atoms with E-state index in [0.717, 1.165) is 0 Å². The number of phenols is 1. The Bertz CT molecular complexity index is 842. The lowest BCUT2D eigenvalue weighted by Crippen LogP contribution is -2.20. The lowest BCUT2D eigenvalue weighted by molar-refractivity contribution is 0.103. The summed E-state index contributed by atoms with van der Waals surface area (Å²) in [5.74, 6) is -0.0197. The number of nitrogens with zero attached hydrogens (tertiary/aromatic N) is 2. The van der Waals surface area contributed by atoms with Crippen LogP contribution in [0.15, 0.2) is 23.4 Å². The van der Waals surface area contributed by atoms with Gasteiger partial charge in [0.1, 0.15) is 17.5 Å². The largest absolute Gasteiger partial charge is 0.507 e. The maximum absolute atomic E-state index is 13.4. The molecule has 27 heavy (non-hydrogen) atoms. The maximum Gasteiger partial charge on any atom is 0.197 e. The molecule has 0 aromatic heterocycles. The molecule has 0 amide bonds. The van der Waals surface area contributed by atoms with Gasteiger partial charge in [-0.15, -0.1) is 0 Å². The van der Waals surface area contributed by atoms with Crippen LogP contribution in [0, 0.1) is 11.3 Å². The Morgan fingerprint density at radius 3 is 2.04 bits per heavy atom. The van der Waals surface area contributed by atoms with Gasteiger partial charge < -0.3 is 10.0 Å². The summed E-state index contributed by atoms with van der Waals surface area (Å²) in [7, 11) is 0. The summed E-state index contributed by atoms with van der Waals surface area (Å²) in [6.07, 6.45) is 0. The van der Waals surface area contributed by atoms with E-state index in [4.69, 9.17) is 12.2 Å². The molecule has 0 spiro atoms. The second-order valence-electron chi connectivity index (χ2n) is 9.02. The van der Waals surface area contributed by atoms with E-state index >= 15 is 0 Å². The van der Waals surface area contributed by atoms with Crippen molar-refractivity contribution in [3.63, 3.8) is 0 Å². The van der Waals surface area contributed by atoms with Crippen LogP contribution in [0.1, 0.15) is 70.0 Å². The Labute approximate surface area is 167 Å². The van der Waals surface area contributed by atoms with Crippen LogP contribution in [0.5, 0.6) is 5.75 Å². The zero-order valence-corrected chi connectivity index (χ0v) is 18.0. The van der Waals surface area contributed by atoms with Crippen molar-refractivity contribution in [2.24, 2.45) is 0 Å². The van der Waals surface area contributed by atoms with Crippen molar-refractivity contribution in [2.45, 2.75) is 59.3 Å². The zero-order valence-electron chi connectivity index (χ0n) is 17.2. The van der Waals surface area contributed by atoms with E-state index in [9.17, 15) is 15.2 Å². The van der Waals surface area contributed by atoms with Gasteiger partial charge in [0.2, 0.25) is 0 Å². The lowest BCUT2D eigenvalue weighted by atomic mass is 9.77. The second kappa shape index (κ2) is 7.09. The Hall–Kier alpha value is -2.19. The van der Waals surface area contributed by atoms with Gasteiger partial charge >= 0.3 is 0 Å². The molecule has 0 radical (unpaired) electrons. The molecular weight excluding hydrogens is 356 g/mol. The molecule has 0 saturated heterocycles. The van der Waals surface area contributed by atoms with Crippen molar-refractivity contribution in [3.8, 4) is 11.8 Å². The van der Waals surface area contributed by atoms with Crippen LogP contribution >= 0.6 is 12.2 Å². The number of Topliss-reactive ketones (excluding diaryl/α,β-unsaturated/α-hetero) is 1. The van der Waals surface area contributed by atoms with Gasteiger partial charge in [0, 0.05) is 28.1 Å².